The minimum Gasteiger partial charge on any atom is -0.325 e. The molecule has 140 valence electrons. The maximum absolute atomic E-state index is 14.0. The Kier molecular flexibility index (Phi) is 5.60. The van der Waals surface area contributed by atoms with Crippen molar-refractivity contribution < 1.29 is 9.18 Å². The number of halogens is 1. The molecule has 0 saturated carbocycles. The molecule has 2 aromatic carbocycles. The summed E-state index contributed by atoms with van der Waals surface area (Å²) in [5.74, 6) is -0.0452. The summed E-state index contributed by atoms with van der Waals surface area (Å²) in [7, 11) is 1.76. The summed E-state index contributed by atoms with van der Waals surface area (Å²) < 4.78 is 15.7. The number of nitrogens with one attached hydrogen (secondary N) is 1. The number of rotatable bonds is 5. The maximum atomic E-state index is 14.0. The van der Waals surface area contributed by atoms with E-state index in [2.05, 4.69) is 15.5 Å². The van der Waals surface area contributed by atoms with Crippen LogP contribution in [0.25, 0.3) is 11.4 Å². The van der Waals surface area contributed by atoms with Gasteiger partial charge in [0.2, 0.25) is 5.91 Å². The zero-order valence-corrected chi connectivity index (χ0v) is 16.5. The molecule has 0 saturated heterocycles. The highest BCUT2D eigenvalue weighted by Gasteiger charge is 2.21. The largest absolute Gasteiger partial charge is 0.325 e. The maximum Gasteiger partial charge on any atom is 0.237 e. The zero-order chi connectivity index (χ0) is 19.6. The van der Waals surface area contributed by atoms with Crippen LogP contribution < -0.4 is 5.32 Å². The summed E-state index contributed by atoms with van der Waals surface area (Å²) in [4.78, 5) is 12.6. The molecule has 0 aliphatic heterocycles. The van der Waals surface area contributed by atoms with Crippen molar-refractivity contribution in [2.45, 2.75) is 31.2 Å². The summed E-state index contributed by atoms with van der Waals surface area (Å²) in [5.41, 5.74) is 3.24. The van der Waals surface area contributed by atoms with Gasteiger partial charge in [-0.1, -0.05) is 42.1 Å². The minimum absolute atomic E-state index is 0.118. The molecule has 7 heteroatoms. The molecule has 0 unspecified atom stereocenters. The van der Waals surface area contributed by atoms with Crippen molar-refractivity contribution in [1.82, 2.24) is 14.8 Å². The number of benzene rings is 2. The first-order valence-corrected chi connectivity index (χ1v) is 9.44. The molecule has 1 amide bonds. The van der Waals surface area contributed by atoms with E-state index in [1.165, 1.54) is 17.8 Å². The number of para-hydroxylation sites is 1. The molecule has 0 aliphatic rings. The van der Waals surface area contributed by atoms with Crippen LogP contribution in [0.15, 0.2) is 47.6 Å². The van der Waals surface area contributed by atoms with Crippen molar-refractivity contribution in [1.29, 1.82) is 0 Å². The Morgan fingerprint density at radius 2 is 1.78 bits per heavy atom. The molecular formula is C20H21FN4OS. The second-order valence-corrected chi connectivity index (χ2v) is 7.67. The number of thioether (sulfide) groups is 1. The normalized spacial score (nSPS) is 12.0. The predicted octanol–water partition coefficient (Wildman–Crippen LogP) is 4.36. The van der Waals surface area contributed by atoms with Crippen molar-refractivity contribution in [3.05, 3.63) is 59.4 Å². The van der Waals surface area contributed by atoms with Crippen LogP contribution in [0.1, 0.15) is 18.1 Å². The van der Waals surface area contributed by atoms with E-state index in [9.17, 15) is 9.18 Å². The van der Waals surface area contributed by atoms with E-state index in [1.54, 1.807) is 29.8 Å². The smallest absolute Gasteiger partial charge is 0.237 e. The van der Waals surface area contributed by atoms with Crippen molar-refractivity contribution in [3.63, 3.8) is 0 Å². The quantitative estimate of drug-likeness (QED) is 0.664. The third kappa shape index (κ3) is 4.03. The monoisotopic (exact) mass is 384 g/mol. The van der Waals surface area contributed by atoms with Crippen LogP contribution in [0.5, 0.6) is 0 Å². The van der Waals surface area contributed by atoms with Crippen LogP contribution in [0.3, 0.4) is 0 Å². The van der Waals surface area contributed by atoms with Crippen LogP contribution >= 0.6 is 11.8 Å². The topological polar surface area (TPSA) is 59.8 Å². The third-order valence-corrected chi connectivity index (χ3v) is 5.46. The second kappa shape index (κ2) is 7.92. The third-order valence-electron chi connectivity index (χ3n) is 4.33. The first-order valence-electron chi connectivity index (χ1n) is 8.56. The minimum atomic E-state index is -0.389. The Labute approximate surface area is 162 Å². The molecule has 3 aromatic rings. The molecule has 1 heterocycles. The highest BCUT2D eigenvalue weighted by atomic mass is 32.2. The number of amides is 1. The van der Waals surface area contributed by atoms with E-state index >= 15 is 0 Å². The average Bonchev–Trinajstić information content (AvgIpc) is 2.99. The van der Waals surface area contributed by atoms with E-state index in [-0.39, 0.29) is 17.0 Å². The summed E-state index contributed by atoms with van der Waals surface area (Å²) in [5, 5.41) is 11.4. The Hall–Kier alpha value is -2.67. The molecule has 0 spiro atoms. The van der Waals surface area contributed by atoms with Crippen LogP contribution in [-0.4, -0.2) is 25.9 Å². The van der Waals surface area contributed by atoms with E-state index in [0.29, 0.717) is 16.5 Å². The van der Waals surface area contributed by atoms with Gasteiger partial charge in [-0.15, -0.1) is 10.2 Å². The predicted molar refractivity (Wildman–Crippen MR) is 106 cm³/mol. The zero-order valence-electron chi connectivity index (χ0n) is 15.7. The van der Waals surface area contributed by atoms with Gasteiger partial charge in [0.05, 0.1) is 10.8 Å². The van der Waals surface area contributed by atoms with E-state index in [0.717, 1.165) is 16.8 Å². The van der Waals surface area contributed by atoms with Gasteiger partial charge in [-0.3, -0.25) is 4.79 Å². The molecule has 1 N–H and O–H groups in total. The fourth-order valence-corrected chi connectivity index (χ4v) is 3.56. The Bertz CT molecular complexity index is 966. The molecule has 0 fully saturated rings. The molecular weight excluding hydrogens is 363 g/mol. The number of hydrogen-bond acceptors (Lipinski definition) is 4. The first-order chi connectivity index (χ1) is 12.9. The lowest BCUT2D eigenvalue weighted by Gasteiger charge is -2.15. The number of carbonyl (C=O) groups excluding carboxylic acids is 1. The first kappa shape index (κ1) is 19.1. The van der Waals surface area contributed by atoms with Gasteiger partial charge in [0.1, 0.15) is 5.82 Å². The molecule has 5 nitrogen and oxygen atoms in total. The van der Waals surface area contributed by atoms with Gasteiger partial charge >= 0.3 is 0 Å². The van der Waals surface area contributed by atoms with Crippen LogP contribution in [0.2, 0.25) is 0 Å². The summed E-state index contributed by atoms with van der Waals surface area (Å²) in [6.45, 7) is 5.73. The van der Waals surface area contributed by atoms with E-state index in [1.807, 2.05) is 39.0 Å². The molecule has 1 atom stereocenters. The lowest BCUT2D eigenvalue weighted by atomic mass is 10.1. The number of carbonyl (C=O) groups is 1. The van der Waals surface area contributed by atoms with Gasteiger partial charge < -0.3 is 9.88 Å². The van der Waals surface area contributed by atoms with Gasteiger partial charge in [-0.25, -0.2) is 4.39 Å². The molecule has 1 aromatic heterocycles. The van der Waals surface area contributed by atoms with E-state index < -0.39 is 0 Å². The molecule has 3 rings (SSSR count). The lowest BCUT2D eigenvalue weighted by molar-refractivity contribution is -0.115. The van der Waals surface area contributed by atoms with Crippen LogP contribution in [0, 0.1) is 19.7 Å². The second-order valence-electron chi connectivity index (χ2n) is 6.36. The van der Waals surface area contributed by atoms with Crippen molar-refractivity contribution in [2.24, 2.45) is 7.05 Å². The Balaban J connectivity index is 1.76. The number of anilines is 1. The molecule has 0 bridgehead atoms. The Morgan fingerprint density at radius 1 is 1.11 bits per heavy atom. The van der Waals surface area contributed by atoms with Gasteiger partial charge in [0.25, 0.3) is 0 Å². The highest BCUT2D eigenvalue weighted by Crippen LogP contribution is 2.28. The number of aryl methyl sites for hydroxylation is 2. The molecule has 27 heavy (non-hydrogen) atoms. The number of nitrogens with zero attached hydrogens (tertiary/aromatic N) is 3. The van der Waals surface area contributed by atoms with Gasteiger partial charge in [-0.05, 0) is 44.0 Å². The average molecular weight is 384 g/mol. The SMILES string of the molecule is Cc1cccc(C)c1NC(=O)[C@@H](C)Sc1nnc(-c2ccccc2F)n1C. The summed E-state index contributed by atoms with van der Waals surface area (Å²) >= 11 is 1.29. The fraction of sp³-hybridized carbons (Fsp3) is 0.250. The van der Waals surface area contributed by atoms with Crippen LogP contribution in [-0.2, 0) is 11.8 Å². The van der Waals surface area contributed by atoms with Crippen molar-refractivity contribution >= 4 is 23.4 Å². The fourth-order valence-electron chi connectivity index (χ4n) is 2.74. The standard InChI is InChI=1S/C20H21FN4OS/c1-12-8-7-9-13(2)17(12)22-19(26)14(3)27-20-24-23-18(25(20)4)15-10-5-6-11-16(15)21/h5-11,14H,1-4H3,(H,22,26)/t14-/m1/s1. The van der Waals surface area contributed by atoms with Gasteiger partial charge in [0, 0.05) is 12.7 Å². The summed E-state index contributed by atoms with van der Waals surface area (Å²) in [6, 6.07) is 12.3. The van der Waals surface area contributed by atoms with E-state index in [4.69, 9.17) is 0 Å². The lowest BCUT2D eigenvalue weighted by Crippen LogP contribution is -2.23. The number of hydrogen-bond donors (Lipinski definition) is 1. The van der Waals surface area contributed by atoms with Gasteiger partial charge in [-0.2, -0.15) is 0 Å². The molecule has 0 aliphatic carbocycles. The van der Waals surface area contributed by atoms with Crippen LogP contribution in [0.4, 0.5) is 10.1 Å². The summed E-state index contributed by atoms with van der Waals surface area (Å²) in [6.07, 6.45) is 0. The Morgan fingerprint density at radius 3 is 2.44 bits per heavy atom. The highest BCUT2D eigenvalue weighted by molar-refractivity contribution is 8.00. The van der Waals surface area contributed by atoms with Crippen molar-refractivity contribution in [3.8, 4) is 11.4 Å². The molecule has 0 radical (unpaired) electrons. The van der Waals surface area contributed by atoms with Gasteiger partial charge in [0.15, 0.2) is 11.0 Å². The van der Waals surface area contributed by atoms with Crippen molar-refractivity contribution in [2.75, 3.05) is 5.32 Å². The number of aromatic nitrogens is 3.